The number of likely N-dealkylation sites (tertiary alicyclic amines) is 1. The lowest BCUT2D eigenvalue weighted by atomic mass is 10.0. The molecule has 1 saturated heterocycles. The Bertz CT molecular complexity index is 551. The summed E-state index contributed by atoms with van der Waals surface area (Å²) in [6, 6.07) is -3.25. The second-order valence-electron chi connectivity index (χ2n) is 6.74. The first-order chi connectivity index (χ1) is 12.1. The smallest absolute Gasteiger partial charge is 0.326 e. The summed E-state index contributed by atoms with van der Waals surface area (Å²) in [5.41, 5.74) is 5.34. The number of carboxylic acids is 1. The quantitative estimate of drug-likeness (QED) is 0.330. The predicted octanol–water partition coefficient (Wildman–Crippen LogP) is -1.97. The first kappa shape index (κ1) is 21.8. The molecule has 10 heteroatoms. The molecule has 0 aliphatic carbocycles. The van der Waals surface area contributed by atoms with E-state index in [1.807, 2.05) is 0 Å². The topological polar surface area (TPSA) is 162 Å². The van der Waals surface area contributed by atoms with Gasteiger partial charge in [-0.1, -0.05) is 13.8 Å². The highest BCUT2D eigenvalue weighted by Gasteiger charge is 2.37. The van der Waals surface area contributed by atoms with Gasteiger partial charge in [-0.3, -0.25) is 14.4 Å². The normalized spacial score (nSPS) is 20.4. The summed E-state index contributed by atoms with van der Waals surface area (Å²) in [6.07, 6.45) is -0.195. The Morgan fingerprint density at radius 1 is 1.15 bits per heavy atom. The molecule has 4 atom stereocenters. The molecule has 1 heterocycles. The first-order valence-electron chi connectivity index (χ1n) is 8.61. The van der Waals surface area contributed by atoms with Crippen LogP contribution in [0.1, 0.15) is 33.6 Å². The number of aliphatic carboxylic acids is 1. The van der Waals surface area contributed by atoms with Gasteiger partial charge < -0.3 is 31.5 Å². The van der Waals surface area contributed by atoms with E-state index in [1.165, 1.54) is 11.8 Å². The molecule has 0 aromatic heterocycles. The zero-order valence-corrected chi connectivity index (χ0v) is 15.3. The van der Waals surface area contributed by atoms with E-state index in [2.05, 4.69) is 10.6 Å². The minimum Gasteiger partial charge on any atom is -0.480 e. The molecule has 0 aromatic carbocycles. The first-order valence-corrected chi connectivity index (χ1v) is 8.61. The number of carbonyl (C=O) groups is 4. The van der Waals surface area contributed by atoms with Gasteiger partial charge in [0.05, 0.1) is 12.6 Å². The molecule has 0 aromatic rings. The summed E-state index contributed by atoms with van der Waals surface area (Å²) in [5.74, 6) is -3.34. The van der Waals surface area contributed by atoms with Crippen LogP contribution in [0, 0.1) is 5.92 Å². The number of hydrogen-bond acceptors (Lipinski definition) is 6. The summed E-state index contributed by atoms with van der Waals surface area (Å²) in [4.78, 5) is 49.3. The molecular formula is C16H28N4O6. The van der Waals surface area contributed by atoms with E-state index in [0.717, 1.165) is 0 Å². The third-order valence-corrected chi connectivity index (χ3v) is 4.34. The van der Waals surface area contributed by atoms with Crippen molar-refractivity contribution >= 4 is 23.7 Å². The number of rotatable bonds is 8. The van der Waals surface area contributed by atoms with E-state index < -0.39 is 42.0 Å². The second-order valence-corrected chi connectivity index (χ2v) is 6.74. The Morgan fingerprint density at radius 3 is 2.23 bits per heavy atom. The van der Waals surface area contributed by atoms with Gasteiger partial charge in [-0.25, -0.2) is 4.79 Å². The van der Waals surface area contributed by atoms with Gasteiger partial charge in [-0.2, -0.15) is 0 Å². The van der Waals surface area contributed by atoms with Crippen LogP contribution >= 0.6 is 0 Å². The standard InChI is InChI=1S/C16H28N4O6/c1-8(2)12(16(25)26)18-15(24)13(9(3)21)19-14(23)10-5-4-6-20(10)11(22)7-17/h8-10,12-13,21H,4-7,17H2,1-3H3,(H,18,24)(H,19,23)(H,25,26). The number of nitrogens with zero attached hydrogens (tertiary/aromatic N) is 1. The number of carboxylic acid groups (broad SMARTS) is 1. The number of nitrogens with one attached hydrogen (secondary N) is 2. The monoisotopic (exact) mass is 372 g/mol. The van der Waals surface area contributed by atoms with Crippen LogP contribution < -0.4 is 16.4 Å². The van der Waals surface area contributed by atoms with E-state index in [4.69, 9.17) is 10.8 Å². The molecule has 1 fully saturated rings. The van der Waals surface area contributed by atoms with E-state index in [1.54, 1.807) is 13.8 Å². The van der Waals surface area contributed by atoms with Gasteiger partial charge in [0.2, 0.25) is 17.7 Å². The van der Waals surface area contributed by atoms with Crippen molar-refractivity contribution in [1.82, 2.24) is 15.5 Å². The molecule has 1 rings (SSSR count). The fourth-order valence-electron chi connectivity index (χ4n) is 2.87. The maximum atomic E-state index is 12.5. The maximum Gasteiger partial charge on any atom is 0.326 e. The highest BCUT2D eigenvalue weighted by atomic mass is 16.4. The molecular weight excluding hydrogens is 344 g/mol. The third-order valence-electron chi connectivity index (χ3n) is 4.34. The van der Waals surface area contributed by atoms with E-state index in [0.29, 0.717) is 19.4 Å². The van der Waals surface area contributed by atoms with Crippen molar-refractivity contribution in [3.8, 4) is 0 Å². The minimum atomic E-state index is -1.33. The van der Waals surface area contributed by atoms with Crippen molar-refractivity contribution in [2.75, 3.05) is 13.1 Å². The second kappa shape index (κ2) is 9.48. The van der Waals surface area contributed by atoms with Crippen molar-refractivity contribution in [2.45, 2.75) is 57.8 Å². The van der Waals surface area contributed by atoms with Crippen molar-refractivity contribution in [1.29, 1.82) is 0 Å². The number of carbonyl (C=O) groups excluding carboxylic acids is 3. The van der Waals surface area contributed by atoms with Gasteiger partial charge in [0, 0.05) is 6.54 Å². The molecule has 148 valence electrons. The van der Waals surface area contributed by atoms with Crippen LogP contribution in [0.3, 0.4) is 0 Å². The van der Waals surface area contributed by atoms with Crippen molar-refractivity contribution in [2.24, 2.45) is 11.7 Å². The lowest BCUT2D eigenvalue weighted by Gasteiger charge is -2.28. The van der Waals surface area contributed by atoms with Gasteiger partial charge in [0.15, 0.2) is 0 Å². The molecule has 1 aliphatic rings. The number of hydrogen-bond donors (Lipinski definition) is 5. The van der Waals surface area contributed by atoms with Crippen LogP contribution in [0.4, 0.5) is 0 Å². The van der Waals surface area contributed by atoms with Gasteiger partial charge in [0.1, 0.15) is 18.1 Å². The molecule has 26 heavy (non-hydrogen) atoms. The molecule has 0 spiro atoms. The van der Waals surface area contributed by atoms with Crippen molar-refractivity contribution in [3.63, 3.8) is 0 Å². The summed E-state index contributed by atoms with van der Waals surface area (Å²) in [5, 5.41) is 23.8. The van der Waals surface area contributed by atoms with Gasteiger partial charge in [0.25, 0.3) is 0 Å². The SMILES string of the molecule is CC(C)C(NC(=O)C(NC(=O)C1CCCN1C(=O)CN)C(C)O)C(=O)O. The van der Waals surface area contributed by atoms with Gasteiger partial charge >= 0.3 is 5.97 Å². The zero-order chi connectivity index (χ0) is 20.0. The minimum absolute atomic E-state index is 0.223. The largest absolute Gasteiger partial charge is 0.480 e. The number of nitrogens with two attached hydrogens (primary N) is 1. The Kier molecular flexibility index (Phi) is 7.97. The highest BCUT2D eigenvalue weighted by Crippen LogP contribution is 2.17. The molecule has 1 aliphatic heterocycles. The van der Waals surface area contributed by atoms with Crippen LogP contribution in [0.5, 0.6) is 0 Å². The van der Waals surface area contributed by atoms with Crippen LogP contribution in [0.2, 0.25) is 0 Å². The number of aliphatic hydroxyl groups excluding tert-OH is 1. The Morgan fingerprint density at radius 2 is 1.77 bits per heavy atom. The van der Waals surface area contributed by atoms with E-state index >= 15 is 0 Å². The van der Waals surface area contributed by atoms with Gasteiger partial charge in [-0.15, -0.1) is 0 Å². The lowest BCUT2D eigenvalue weighted by Crippen LogP contribution is -2.59. The molecule has 6 N–H and O–H groups in total. The van der Waals surface area contributed by atoms with E-state index in [9.17, 15) is 24.3 Å². The highest BCUT2D eigenvalue weighted by molar-refractivity contribution is 5.94. The maximum absolute atomic E-state index is 12.5. The molecule has 0 saturated carbocycles. The molecule has 0 bridgehead atoms. The summed E-state index contributed by atoms with van der Waals surface area (Å²) in [6.45, 7) is 4.74. The zero-order valence-electron chi connectivity index (χ0n) is 15.3. The lowest BCUT2D eigenvalue weighted by molar-refractivity contribution is -0.144. The predicted molar refractivity (Wildman–Crippen MR) is 91.8 cm³/mol. The fourth-order valence-corrected chi connectivity index (χ4v) is 2.87. The molecule has 4 unspecified atom stereocenters. The Labute approximate surface area is 152 Å². The summed E-state index contributed by atoms with van der Waals surface area (Å²) < 4.78 is 0. The van der Waals surface area contributed by atoms with Crippen LogP contribution in [-0.2, 0) is 19.2 Å². The van der Waals surface area contributed by atoms with Crippen LogP contribution in [-0.4, -0.2) is 76.1 Å². The molecule has 0 radical (unpaired) electrons. The van der Waals surface area contributed by atoms with Crippen LogP contribution in [0.25, 0.3) is 0 Å². The van der Waals surface area contributed by atoms with Crippen molar-refractivity contribution < 1.29 is 29.4 Å². The fraction of sp³-hybridized carbons (Fsp3) is 0.750. The number of aliphatic hydroxyl groups is 1. The molecule has 10 nitrogen and oxygen atoms in total. The Hall–Kier alpha value is -2.20. The van der Waals surface area contributed by atoms with E-state index in [-0.39, 0.29) is 18.4 Å². The third kappa shape index (κ3) is 5.40. The average molecular weight is 372 g/mol. The van der Waals surface area contributed by atoms with Crippen LogP contribution in [0.15, 0.2) is 0 Å². The Balaban J connectivity index is 2.84. The average Bonchev–Trinajstić information content (AvgIpc) is 3.05. The van der Waals surface area contributed by atoms with Crippen molar-refractivity contribution in [3.05, 3.63) is 0 Å². The molecule has 3 amide bonds. The number of amides is 3. The summed E-state index contributed by atoms with van der Waals surface area (Å²) >= 11 is 0. The summed E-state index contributed by atoms with van der Waals surface area (Å²) in [7, 11) is 0. The van der Waals surface area contributed by atoms with Gasteiger partial charge in [-0.05, 0) is 25.7 Å².